The van der Waals surface area contributed by atoms with Crippen LogP contribution in [0.5, 0.6) is 5.75 Å². The maximum atomic E-state index is 13.4. The van der Waals surface area contributed by atoms with Crippen molar-refractivity contribution >= 4 is 33.7 Å². The molecule has 0 spiro atoms. The number of halogens is 7. The molecular weight excluding hydrogens is 634 g/mol. The number of anilines is 2. The van der Waals surface area contributed by atoms with E-state index in [0.717, 1.165) is 0 Å². The van der Waals surface area contributed by atoms with Gasteiger partial charge in [0.2, 0.25) is 5.95 Å². The van der Waals surface area contributed by atoms with Crippen LogP contribution in [-0.2, 0) is 23.5 Å². The molecule has 1 N–H and O–H groups in total. The Bertz CT molecular complexity index is 1420. The molecule has 1 amide bonds. The lowest BCUT2D eigenvalue weighted by atomic mass is 9.90. The molecule has 2 heterocycles. The summed E-state index contributed by atoms with van der Waals surface area (Å²) >= 11 is 3.26. The molecule has 2 aromatic carbocycles. The van der Waals surface area contributed by atoms with Gasteiger partial charge in [-0.25, -0.2) is 14.8 Å². The number of rotatable bonds is 7. The molecule has 7 nitrogen and oxygen atoms in total. The first-order valence-corrected chi connectivity index (χ1v) is 13.7. The fraction of sp³-hybridized carbons (Fsp3) is 0.393. The van der Waals surface area contributed by atoms with Crippen molar-refractivity contribution in [2.75, 3.05) is 23.9 Å². The normalized spacial score (nSPS) is 17.0. The zero-order valence-electron chi connectivity index (χ0n) is 22.7. The van der Waals surface area contributed by atoms with Crippen LogP contribution >= 0.6 is 15.9 Å². The Balaban J connectivity index is 1.69. The summed E-state index contributed by atoms with van der Waals surface area (Å²) in [6, 6.07) is 6.02. The summed E-state index contributed by atoms with van der Waals surface area (Å²) in [6.45, 7) is 3.85. The summed E-state index contributed by atoms with van der Waals surface area (Å²) < 4.78 is 91.3. The van der Waals surface area contributed by atoms with Gasteiger partial charge in [-0.3, -0.25) is 4.90 Å². The Kier molecular flexibility index (Phi) is 9.24. The van der Waals surface area contributed by atoms with E-state index in [1.54, 1.807) is 30.0 Å². The minimum Gasteiger partial charge on any atom is -0.497 e. The molecule has 226 valence electrons. The van der Waals surface area contributed by atoms with Crippen LogP contribution in [0.3, 0.4) is 0 Å². The van der Waals surface area contributed by atoms with Crippen LogP contribution in [0.2, 0.25) is 0 Å². The van der Waals surface area contributed by atoms with Crippen molar-refractivity contribution < 1.29 is 40.6 Å². The molecule has 3 aromatic rings. The second-order valence-corrected chi connectivity index (χ2v) is 10.4. The van der Waals surface area contributed by atoms with E-state index in [9.17, 15) is 31.1 Å². The van der Waals surface area contributed by atoms with E-state index in [1.807, 2.05) is 6.92 Å². The predicted molar refractivity (Wildman–Crippen MR) is 147 cm³/mol. The maximum absolute atomic E-state index is 13.4. The smallest absolute Gasteiger partial charge is 0.416 e. The van der Waals surface area contributed by atoms with Gasteiger partial charge < -0.3 is 14.8 Å². The average Bonchev–Trinajstić information content (AvgIpc) is 2.93. The molecule has 0 bridgehead atoms. The van der Waals surface area contributed by atoms with Crippen molar-refractivity contribution in [2.45, 2.75) is 57.5 Å². The van der Waals surface area contributed by atoms with Gasteiger partial charge in [0.05, 0.1) is 46.7 Å². The summed E-state index contributed by atoms with van der Waals surface area (Å²) in [6.07, 6.45) is -8.33. The van der Waals surface area contributed by atoms with Gasteiger partial charge in [-0.2, -0.15) is 26.3 Å². The largest absolute Gasteiger partial charge is 0.497 e. The third-order valence-corrected chi connectivity index (χ3v) is 7.48. The topological polar surface area (TPSA) is 76.6 Å². The van der Waals surface area contributed by atoms with E-state index in [0.29, 0.717) is 46.4 Å². The fourth-order valence-corrected chi connectivity index (χ4v) is 5.18. The number of nitrogens with zero attached hydrogens (tertiary/aromatic N) is 3. The highest BCUT2D eigenvalue weighted by molar-refractivity contribution is 9.10. The standard InChI is InChI=1S/C28H27BrF6N4O3/c1-4-18-12-22(20-13-19(41-3)6-7-24(20)39(18)26(40)42-5-2)37-25-36-14-21(29)23(38-25)10-15-8-16(27(30,31)32)11-17(9-15)28(33,34)35/h6-9,11,13-14,18,22H,4-5,10,12H2,1-3H3,(H,36,37,38)/t18-,22+/m1/s1. The summed E-state index contributed by atoms with van der Waals surface area (Å²) in [5.41, 5.74) is -1.53. The third-order valence-electron chi connectivity index (χ3n) is 6.82. The van der Waals surface area contributed by atoms with Gasteiger partial charge in [0.1, 0.15) is 5.75 Å². The van der Waals surface area contributed by atoms with E-state index in [1.165, 1.54) is 13.3 Å². The Morgan fingerprint density at radius 1 is 1.07 bits per heavy atom. The van der Waals surface area contributed by atoms with Crippen LogP contribution in [0.15, 0.2) is 47.1 Å². The average molecular weight is 661 g/mol. The minimum atomic E-state index is -4.96. The predicted octanol–water partition coefficient (Wildman–Crippen LogP) is 8.17. The van der Waals surface area contributed by atoms with Gasteiger partial charge in [0, 0.05) is 24.2 Å². The molecule has 0 radical (unpaired) electrons. The number of ether oxygens (including phenoxy) is 2. The highest BCUT2D eigenvalue weighted by Crippen LogP contribution is 2.42. The monoisotopic (exact) mass is 660 g/mol. The molecular formula is C28H27BrF6N4O3. The molecule has 1 aromatic heterocycles. The lowest BCUT2D eigenvalue weighted by molar-refractivity contribution is -0.143. The third kappa shape index (κ3) is 6.90. The quantitative estimate of drug-likeness (QED) is 0.258. The van der Waals surface area contributed by atoms with E-state index in [4.69, 9.17) is 9.47 Å². The molecule has 0 saturated carbocycles. The van der Waals surface area contributed by atoms with Crippen LogP contribution in [-0.4, -0.2) is 35.8 Å². The van der Waals surface area contributed by atoms with E-state index >= 15 is 0 Å². The molecule has 1 aliphatic heterocycles. The van der Waals surface area contributed by atoms with Crippen LogP contribution in [0, 0.1) is 0 Å². The van der Waals surface area contributed by atoms with Crippen molar-refractivity contribution in [3.05, 3.63) is 75.0 Å². The first-order valence-electron chi connectivity index (χ1n) is 12.9. The van der Waals surface area contributed by atoms with Gasteiger partial charge in [-0.05, 0) is 77.7 Å². The second kappa shape index (κ2) is 12.4. The van der Waals surface area contributed by atoms with Gasteiger partial charge >= 0.3 is 18.4 Å². The van der Waals surface area contributed by atoms with E-state index < -0.39 is 35.6 Å². The molecule has 2 atom stereocenters. The van der Waals surface area contributed by atoms with Crippen LogP contribution in [0.4, 0.5) is 42.8 Å². The molecule has 42 heavy (non-hydrogen) atoms. The Labute approximate surface area is 246 Å². The number of amides is 1. The van der Waals surface area contributed by atoms with Crippen molar-refractivity contribution in [1.29, 1.82) is 0 Å². The van der Waals surface area contributed by atoms with Gasteiger partial charge in [-0.1, -0.05) is 6.92 Å². The van der Waals surface area contributed by atoms with Gasteiger partial charge in [0.15, 0.2) is 0 Å². The van der Waals surface area contributed by atoms with Crippen molar-refractivity contribution in [2.24, 2.45) is 0 Å². The number of carbonyl (C=O) groups is 1. The number of alkyl halides is 6. The highest BCUT2D eigenvalue weighted by Gasteiger charge is 2.38. The number of methoxy groups -OCH3 is 1. The summed E-state index contributed by atoms with van der Waals surface area (Å²) in [4.78, 5) is 23.2. The molecule has 0 fully saturated rings. The second-order valence-electron chi connectivity index (χ2n) is 9.57. The molecule has 14 heteroatoms. The molecule has 0 aliphatic carbocycles. The maximum Gasteiger partial charge on any atom is 0.416 e. The van der Waals surface area contributed by atoms with E-state index in [2.05, 4.69) is 31.2 Å². The first kappa shape index (κ1) is 31.4. The van der Waals surface area contributed by atoms with Crippen molar-refractivity contribution in [3.8, 4) is 5.75 Å². The minimum absolute atomic E-state index is 0.0873. The SMILES string of the molecule is CCOC(=O)N1c2ccc(OC)cc2[C@@H](Nc2ncc(Br)c(Cc3cc(C(F)(F)F)cc(C(F)(F)F)c3)n2)C[C@H]1CC. The van der Waals surface area contributed by atoms with Crippen LogP contribution < -0.4 is 15.0 Å². The number of fused-ring (bicyclic) bond motifs is 1. The number of hydrogen-bond donors (Lipinski definition) is 1. The number of hydrogen-bond acceptors (Lipinski definition) is 6. The van der Waals surface area contributed by atoms with Crippen LogP contribution in [0.25, 0.3) is 0 Å². The van der Waals surface area contributed by atoms with E-state index in [-0.39, 0.29) is 42.3 Å². The number of benzene rings is 2. The zero-order chi connectivity index (χ0) is 30.8. The summed E-state index contributed by atoms with van der Waals surface area (Å²) in [5.74, 6) is 0.649. The number of aromatic nitrogens is 2. The Morgan fingerprint density at radius 2 is 1.74 bits per heavy atom. The van der Waals surface area contributed by atoms with Crippen molar-refractivity contribution in [1.82, 2.24) is 9.97 Å². The molecule has 0 unspecified atom stereocenters. The van der Waals surface area contributed by atoms with Crippen molar-refractivity contribution in [3.63, 3.8) is 0 Å². The zero-order valence-corrected chi connectivity index (χ0v) is 24.3. The highest BCUT2D eigenvalue weighted by atomic mass is 79.9. The van der Waals surface area contributed by atoms with Crippen LogP contribution in [0.1, 0.15) is 60.7 Å². The first-order chi connectivity index (χ1) is 19.7. The lowest BCUT2D eigenvalue weighted by Gasteiger charge is -2.40. The lowest BCUT2D eigenvalue weighted by Crippen LogP contribution is -2.46. The van der Waals surface area contributed by atoms with Gasteiger partial charge in [0.25, 0.3) is 0 Å². The summed E-state index contributed by atoms with van der Waals surface area (Å²) in [5, 5.41) is 3.23. The van der Waals surface area contributed by atoms with Gasteiger partial charge in [-0.15, -0.1) is 0 Å². The Hall–Kier alpha value is -3.55. The molecule has 0 saturated heterocycles. The molecule has 4 rings (SSSR count). The fourth-order valence-electron chi connectivity index (χ4n) is 4.85. The number of nitrogens with one attached hydrogen (secondary N) is 1. The Morgan fingerprint density at radius 3 is 2.31 bits per heavy atom. The summed E-state index contributed by atoms with van der Waals surface area (Å²) in [7, 11) is 1.51. The number of carbonyl (C=O) groups excluding carboxylic acids is 1. The molecule has 1 aliphatic rings.